The molecule has 2 aliphatic heterocycles. The van der Waals surface area contributed by atoms with E-state index >= 15 is 0 Å². The van der Waals surface area contributed by atoms with Gasteiger partial charge in [0.2, 0.25) is 17.6 Å². The van der Waals surface area contributed by atoms with Crippen LogP contribution in [0, 0.1) is 6.92 Å². The zero-order valence-corrected chi connectivity index (χ0v) is 16.6. The molecule has 7 heteroatoms. The summed E-state index contributed by atoms with van der Waals surface area (Å²) in [4.78, 5) is 19.2. The number of ether oxygens (including phenoxy) is 1. The van der Waals surface area contributed by atoms with Crippen molar-refractivity contribution in [2.24, 2.45) is 0 Å². The predicted molar refractivity (Wildman–Crippen MR) is 105 cm³/mol. The average Bonchev–Trinajstić information content (AvgIpc) is 3.28. The third-order valence-electron chi connectivity index (χ3n) is 5.50. The molecule has 0 bridgehead atoms. The number of hydrogen-bond acceptors (Lipinski definition) is 6. The average molecular weight is 384 g/mol. The highest BCUT2D eigenvalue weighted by molar-refractivity contribution is 5.76. The lowest BCUT2D eigenvalue weighted by molar-refractivity contribution is -0.121. The molecule has 0 aliphatic carbocycles. The molecule has 28 heavy (non-hydrogen) atoms. The van der Waals surface area contributed by atoms with Gasteiger partial charge in [-0.25, -0.2) is 0 Å². The number of carbonyl (C=O) groups is 1. The molecule has 0 unspecified atom stereocenters. The first-order valence-corrected chi connectivity index (χ1v) is 10.1. The van der Waals surface area contributed by atoms with Crippen molar-refractivity contribution in [3.63, 3.8) is 0 Å². The van der Waals surface area contributed by atoms with Crippen molar-refractivity contribution in [1.29, 1.82) is 0 Å². The predicted octanol–water partition coefficient (Wildman–Crippen LogP) is 2.35. The summed E-state index contributed by atoms with van der Waals surface area (Å²) in [7, 11) is 0. The third-order valence-corrected chi connectivity index (χ3v) is 5.50. The number of nitrogens with one attached hydrogen (secondary N) is 1. The van der Waals surface area contributed by atoms with Crippen LogP contribution in [0.3, 0.4) is 0 Å². The lowest BCUT2D eigenvalue weighted by atomic mass is 10.1. The van der Waals surface area contributed by atoms with Crippen molar-refractivity contribution in [1.82, 2.24) is 20.4 Å². The Labute approximate surface area is 165 Å². The number of benzene rings is 1. The van der Waals surface area contributed by atoms with Crippen LogP contribution in [-0.2, 0) is 16.0 Å². The summed E-state index contributed by atoms with van der Waals surface area (Å²) in [6.45, 7) is 6.79. The topological polar surface area (TPSA) is 80.5 Å². The van der Waals surface area contributed by atoms with Crippen molar-refractivity contribution in [3.05, 3.63) is 35.7 Å². The quantitative estimate of drug-likeness (QED) is 0.823. The van der Waals surface area contributed by atoms with Crippen molar-refractivity contribution in [3.8, 4) is 11.4 Å². The molecular formula is C21H28N4O3. The van der Waals surface area contributed by atoms with Crippen LogP contribution in [0.4, 0.5) is 0 Å². The van der Waals surface area contributed by atoms with E-state index in [0.29, 0.717) is 37.0 Å². The first-order chi connectivity index (χ1) is 13.6. The first-order valence-electron chi connectivity index (χ1n) is 10.1. The van der Waals surface area contributed by atoms with Crippen LogP contribution < -0.4 is 5.32 Å². The van der Waals surface area contributed by atoms with Crippen LogP contribution >= 0.6 is 0 Å². The summed E-state index contributed by atoms with van der Waals surface area (Å²) in [5.74, 6) is 1.27. The van der Waals surface area contributed by atoms with Crippen LogP contribution in [0.2, 0.25) is 0 Å². The molecule has 2 aromatic rings. The van der Waals surface area contributed by atoms with Crippen LogP contribution in [0.5, 0.6) is 0 Å². The zero-order chi connectivity index (χ0) is 19.5. The smallest absolute Gasteiger partial charge is 0.226 e. The highest BCUT2D eigenvalue weighted by Crippen LogP contribution is 2.23. The molecule has 150 valence electrons. The van der Waals surface area contributed by atoms with Gasteiger partial charge >= 0.3 is 0 Å². The van der Waals surface area contributed by atoms with Gasteiger partial charge in [0, 0.05) is 43.6 Å². The van der Waals surface area contributed by atoms with Gasteiger partial charge in [-0.05, 0) is 32.8 Å². The summed E-state index contributed by atoms with van der Waals surface area (Å²) in [5.41, 5.74) is 2.10. The van der Waals surface area contributed by atoms with Crippen LogP contribution in [0.25, 0.3) is 11.4 Å². The van der Waals surface area contributed by atoms with Crippen molar-refractivity contribution >= 4 is 5.91 Å². The summed E-state index contributed by atoms with van der Waals surface area (Å²) < 4.78 is 11.1. The molecule has 2 fully saturated rings. The van der Waals surface area contributed by atoms with E-state index in [0.717, 1.165) is 37.2 Å². The highest BCUT2D eigenvalue weighted by Gasteiger charge is 2.36. The number of fused-ring (bicyclic) bond motifs is 1. The molecule has 3 atom stereocenters. The summed E-state index contributed by atoms with van der Waals surface area (Å²) in [6, 6.07) is 8.68. The van der Waals surface area contributed by atoms with Gasteiger partial charge in [0.05, 0.1) is 12.7 Å². The number of carbonyl (C=O) groups excluding carboxylic acids is 1. The Bertz CT molecular complexity index is 821. The molecule has 7 nitrogen and oxygen atoms in total. The molecule has 1 aromatic carbocycles. The van der Waals surface area contributed by atoms with E-state index in [1.165, 1.54) is 0 Å². The zero-order valence-electron chi connectivity index (χ0n) is 16.6. The lowest BCUT2D eigenvalue weighted by Crippen LogP contribution is -2.45. The molecule has 1 N–H and O–H groups in total. The molecule has 2 aliphatic rings. The molecule has 4 rings (SSSR count). The lowest BCUT2D eigenvalue weighted by Gasteiger charge is -2.33. The molecule has 0 spiro atoms. The highest BCUT2D eigenvalue weighted by atomic mass is 16.5. The summed E-state index contributed by atoms with van der Waals surface area (Å²) >= 11 is 0. The number of hydrogen-bond donors (Lipinski definition) is 1. The fraction of sp³-hybridized carbons (Fsp3) is 0.571. The largest absolute Gasteiger partial charge is 0.376 e. The van der Waals surface area contributed by atoms with E-state index < -0.39 is 0 Å². The summed E-state index contributed by atoms with van der Waals surface area (Å²) in [6.07, 6.45) is 3.03. The Morgan fingerprint density at radius 1 is 1.36 bits per heavy atom. The van der Waals surface area contributed by atoms with Gasteiger partial charge in [-0.1, -0.05) is 28.9 Å². The van der Waals surface area contributed by atoms with Crippen molar-refractivity contribution in [2.75, 3.05) is 19.7 Å². The number of aryl methyl sites for hydroxylation is 2. The second-order valence-electron chi connectivity index (χ2n) is 7.99. The van der Waals surface area contributed by atoms with Crippen molar-refractivity contribution < 1.29 is 14.1 Å². The van der Waals surface area contributed by atoms with Gasteiger partial charge in [0.15, 0.2) is 0 Å². The Balaban J connectivity index is 1.21. The second-order valence-corrected chi connectivity index (χ2v) is 7.99. The van der Waals surface area contributed by atoms with E-state index in [2.05, 4.69) is 27.3 Å². The second kappa shape index (κ2) is 8.41. The first kappa shape index (κ1) is 19.1. The molecule has 1 amide bonds. The molecule has 1 aromatic heterocycles. The number of aromatic nitrogens is 2. The summed E-state index contributed by atoms with van der Waals surface area (Å²) in [5, 5.41) is 7.22. The van der Waals surface area contributed by atoms with E-state index in [4.69, 9.17) is 9.26 Å². The van der Waals surface area contributed by atoms with Gasteiger partial charge in [0.25, 0.3) is 0 Å². The van der Waals surface area contributed by atoms with Gasteiger partial charge in [-0.3, -0.25) is 9.69 Å². The number of rotatable bonds is 6. The van der Waals surface area contributed by atoms with E-state index in [1.807, 2.05) is 31.2 Å². The minimum atomic E-state index is 0.0947. The molecule has 0 radical (unpaired) electrons. The third kappa shape index (κ3) is 4.59. The maximum Gasteiger partial charge on any atom is 0.226 e. The van der Waals surface area contributed by atoms with Crippen LogP contribution in [0.1, 0.15) is 37.6 Å². The Morgan fingerprint density at radius 2 is 2.25 bits per heavy atom. The normalized spacial score (nSPS) is 24.9. The SMILES string of the molecule is Cc1cccc(-c2noc(CCCC(=O)N[C@H]3C[C@H]4CO[C@@H](C)CN4C3)n2)c1. The van der Waals surface area contributed by atoms with E-state index in [-0.39, 0.29) is 18.1 Å². The Morgan fingerprint density at radius 3 is 3.11 bits per heavy atom. The van der Waals surface area contributed by atoms with Gasteiger partial charge < -0.3 is 14.6 Å². The van der Waals surface area contributed by atoms with Crippen LogP contribution in [-0.4, -0.2) is 58.8 Å². The maximum absolute atomic E-state index is 12.3. The maximum atomic E-state index is 12.3. The van der Waals surface area contributed by atoms with Crippen LogP contribution in [0.15, 0.2) is 28.8 Å². The monoisotopic (exact) mass is 384 g/mol. The van der Waals surface area contributed by atoms with E-state index in [1.54, 1.807) is 0 Å². The molecular weight excluding hydrogens is 356 g/mol. The Hall–Kier alpha value is -2.25. The molecule has 3 heterocycles. The number of morpholine rings is 1. The minimum Gasteiger partial charge on any atom is -0.376 e. The molecule has 2 saturated heterocycles. The van der Waals surface area contributed by atoms with Gasteiger partial charge in [-0.2, -0.15) is 4.98 Å². The minimum absolute atomic E-state index is 0.0947. The standard InChI is InChI=1S/C21H28N4O3/c1-14-5-3-6-16(9-14)21-23-20(28-24-21)8-4-7-19(26)22-17-10-18-13-27-15(2)11-25(18)12-17/h3,5-6,9,15,17-18H,4,7-8,10-13H2,1-2H3,(H,22,26)/t15-,17-,18-/m0/s1. The van der Waals surface area contributed by atoms with E-state index in [9.17, 15) is 4.79 Å². The Kier molecular flexibility index (Phi) is 5.73. The number of nitrogens with zero attached hydrogens (tertiary/aromatic N) is 3. The van der Waals surface area contributed by atoms with Crippen molar-refractivity contribution in [2.45, 2.75) is 57.7 Å². The number of amides is 1. The van der Waals surface area contributed by atoms with Gasteiger partial charge in [0.1, 0.15) is 0 Å². The fourth-order valence-electron chi connectivity index (χ4n) is 4.10. The van der Waals surface area contributed by atoms with Gasteiger partial charge in [-0.15, -0.1) is 0 Å². The fourth-order valence-corrected chi connectivity index (χ4v) is 4.10. The molecule has 0 saturated carbocycles.